The van der Waals surface area contributed by atoms with Crippen LogP contribution in [0.1, 0.15) is 11.8 Å². The predicted octanol–water partition coefficient (Wildman–Crippen LogP) is 2.55. The highest BCUT2D eigenvalue weighted by molar-refractivity contribution is 8.93. The summed E-state index contributed by atoms with van der Waals surface area (Å²) in [4.78, 5) is 13.0. The highest BCUT2D eigenvalue weighted by Crippen LogP contribution is 2.19. The largest absolute Gasteiger partial charge is 0.439 e. The lowest BCUT2D eigenvalue weighted by atomic mass is 10.2. The number of carbonyl (C=O) groups is 1. The Morgan fingerprint density at radius 1 is 1.38 bits per heavy atom. The van der Waals surface area contributed by atoms with Gasteiger partial charge in [-0.1, -0.05) is 36.9 Å². The van der Waals surface area contributed by atoms with Gasteiger partial charge in [0.25, 0.3) is 0 Å². The summed E-state index contributed by atoms with van der Waals surface area (Å²) < 4.78 is 5.22. The number of hydrogen-bond acceptors (Lipinski definition) is 3. The maximum atomic E-state index is 11.1. The summed E-state index contributed by atoms with van der Waals surface area (Å²) in [5, 5.41) is 0. The van der Waals surface area contributed by atoms with Gasteiger partial charge >= 0.3 is 5.97 Å². The number of hydrogen-bond donors (Lipinski definition) is 0. The summed E-state index contributed by atoms with van der Waals surface area (Å²) in [5.41, 5.74) is 0.942. The summed E-state index contributed by atoms with van der Waals surface area (Å²) >= 11 is 0. The van der Waals surface area contributed by atoms with Gasteiger partial charge in [0.2, 0.25) is 0 Å². The molecule has 0 saturated heterocycles. The second-order valence-electron chi connectivity index (χ2n) is 3.37. The molecule has 88 valence electrons. The van der Waals surface area contributed by atoms with Gasteiger partial charge < -0.3 is 4.74 Å². The van der Waals surface area contributed by atoms with E-state index < -0.39 is 5.97 Å². The molecule has 1 aromatic carbocycles. The van der Waals surface area contributed by atoms with Crippen molar-refractivity contribution in [1.29, 1.82) is 0 Å². The fourth-order valence-corrected chi connectivity index (χ4v) is 1.25. The summed E-state index contributed by atoms with van der Waals surface area (Å²) in [7, 11) is 3.71. The van der Waals surface area contributed by atoms with Crippen molar-refractivity contribution in [1.82, 2.24) is 4.90 Å². The molecule has 0 aromatic heterocycles. The molecular formula is C12H16BrNO2. The first kappa shape index (κ1) is 14.9. The van der Waals surface area contributed by atoms with Crippen LogP contribution >= 0.6 is 17.0 Å². The van der Waals surface area contributed by atoms with Crippen LogP contribution in [0.4, 0.5) is 0 Å². The van der Waals surface area contributed by atoms with Crippen LogP contribution in [0.3, 0.4) is 0 Å². The standard InChI is InChI=1S/C12H15NO2.BrH/c1-4-11(14)15-12(13(2)3)10-8-6-5-7-9-10;/h4-9,12H,1H2,2-3H3;1H. The molecule has 0 saturated carbocycles. The third-order valence-corrected chi connectivity index (χ3v) is 1.95. The van der Waals surface area contributed by atoms with Gasteiger partial charge in [-0.2, -0.15) is 0 Å². The number of rotatable bonds is 4. The molecule has 0 spiro atoms. The molecule has 0 amide bonds. The number of carbonyl (C=O) groups excluding carboxylic acids is 1. The van der Waals surface area contributed by atoms with Crippen LogP contribution in [0.5, 0.6) is 0 Å². The fourth-order valence-electron chi connectivity index (χ4n) is 1.25. The lowest BCUT2D eigenvalue weighted by Gasteiger charge is -2.23. The third-order valence-electron chi connectivity index (χ3n) is 1.95. The molecule has 0 heterocycles. The molecule has 1 atom stereocenters. The van der Waals surface area contributed by atoms with E-state index >= 15 is 0 Å². The highest BCUT2D eigenvalue weighted by Gasteiger charge is 2.16. The first-order valence-corrected chi connectivity index (χ1v) is 4.69. The molecule has 3 nitrogen and oxygen atoms in total. The molecular weight excluding hydrogens is 270 g/mol. The minimum atomic E-state index is -0.419. The molecule has 0 N–H and O–H groups in total. The van der Waals surface area contributed by atoms with E-state index in [9.17, 15) is 4.79 Å². The van der Waals surface area contributed by atoms with Crippen LogP contribution in [0.2, 0.25) is 0 Å². The van der Waals surface area contributed by atoms with Gasteiger partial charge in [0.15, 0.2) is 6.23 Å². The fraction of sp³-hybridized carbons (Fsp3) is 0.250. The number of benzene rings is 1. The van der Waals surface area contributed by atoms with E-state index in [0.717, 1.165) is 5.56 Å². The van der Waals surface area contributed by atoms with Crippen LogP contribution in [-0.2, 0) is 9.53 Å². The maximum Gasteiger partial charge on any atom is 0.331 e. The van der Waals surface area contributed by atoms with Crippen molar-refractivity contribution in [2.75, 3.05) is 14.1 Å². The van der Waals surface area contributed by atoms with Crippen molar-refractivity contribution in [2.45, 2.75) is 6.23 Å². The van der Waals surface area contributed by atoms with Gasteiger partial charge in [-0.3, -0.25) is 4.90 Å². The summed E-state index contributed by atoms with van der Waals surface area (Å²) in [5.74, 6) is -0.419. The molecule has 0 fully saturated rings. The van der Waals surface area contributed by atoms with E-state index in [0.29, 0.717) is 0 Å². The van der Waals surface area contributed by atoms with Gasteiger partial charge in [0.1, 0.15) is 0 Å². The Balaban J connectivity index is 0.00000225. The minimum absolute atomic E-state index is 0. The monoisotopic (exact) mass is 285 g/mol. The average Bonchev–Trinajstić information content (AvgIpc) is 2.26. The zero-order valence-corrected chi connectivity index (χ0v) is 11.1. The third kappa shape index (κ3) is 4.16. The van der Waals surface area contributed by atoms with Crippen LogP contribution in [0.15, 0.2) is 43.0 Å². The van der Waals surface area contributed by atoms with Crippen molar-refractivity contribution >= 4 is 23.0 Å². The Morgan fingerprint density at radius 3 is 2.38 bits per heavy atom. The van der Waals surface area contributed by atoms with Crippen LogP contribution in [0, 0.1) is 0 Å². The van der Waals surface area contributed by atoms with E-state index in [-0.39, 0.29) is 23.2 Å². The van der Waals surface area contributed by atoms with E-state index in [4.69, 9.17) is 4.74 Å². The topological polar surface area (TPSA) is 29.5 Å². The van der Waals surface area contributed by atoms with Crippen LogP contribution in [0.25, 0.3) is 0 Å². The molecule has 0 aliphatic heterocycles. The first-order chi connectivity index (χ1) is 7.15. The average molecular weight is 286 g/mol. The number of halogens is 1. The second-order valence-corrected chi connectivity index (χ2v) is 3.37. The van der Waals surface area contributed by atoms with Crippen molar-refractivity contribution in [3.05, 3.63) is 48.6 Å². The molecule has 1 aromatic rings. The van der Waals surface area contributed by atoms with Crippen molar-refractivity contribution in [3.63, 3.8) is 0 Å². The second kappa shape index (κ2) is 7.19. The molecule has 0 aliphatic carbocycles. The van der Waals surface area contributed by atoms with Gasteiger partial charge in [-0.15, -0.1) is 17.0 Å². The molecule has 1 rings (SSSR count). The van der Waals surface area contributed by atoms with Crippen molar-refractivity contribution < 1.29 is 9.53 Å². The maximum absolute atomic E-state index is 11.1. The van der Waals surface area contributed by atoms with Crippen LogP contribution < -0.4 is 0 Å². The van der Waals surface area contributed by atoms with E-state index in [1.54, 1.807) is 0 Å². The molecule has 0 aliphatic rings. The minimum Gasteiger partial charge on any atom is -0.439 e. The predicted molar refractivity (Wildman–Crippen MR) is 69.5 cm³/mol. The highest BCUT2D eigenvalue weighted by atomic mass is 79.9. The van der Waals surface area contributed by atoms with Gasteiger partial charge in [-0.25, -0.2) is 4.79 Å². The zero-order chi connectivity index (χ0) is 11.3. The Kier molecular flexibility index (Phi) is 6.69. The number of ether oxygens (including phenoxy) is 1. The van der Waals surface area contributed by atoms with Crippen molar-refractivity contribution in [3.8, 4) is 0 Å². The zero-order valence-electron chi connectivity index (χ0n) is 9.42. The summed E-state index contributed by atoms with van der Waals surface area (Å²) in [6.45, 7) is 3.37. The quantitative estimate of drug-likeness (QED) is 0.484. The lowest BCUT2D eigenvalue weighted by Crippen LogP contribution is -2.24. The Morgan fingerprint density at radius 2 is 1.94 bits per heavy atom. The lowest BCUT2D eigenvalue weighted by molar-refractivity contribution is -0.151. The number of nitrogens with zero attached hydrogens (tertiary/aromatic N) is 1. The summed E-state index contributed by atoms with van der Waals surface area (Å²) in [6.07, 6.45) is 0.802. The van der Waals surface area contributed by atoms with Crippen LogP contribution in [-0.4, -0.2) is 25.0 Å². The van der Waals surface area contributed by atoms with Gasteiger partial charge in [-0.05, 0) is 14.1 Å². The summed E-state index contributed by atoms with van der Waals surface area (Å²) in [6, 6.07) is 9.58. The molecule has 0 bridgehead atoms. The first-order valence-electron chi connectivity index (χ1n) is 4.69. The number of esters is 1. The van der Waals surface area contributed by atoms with E-state index in [1.165, 1.54) is 6.08 Å². The molecule has 16 heavy (non-hydrogen) atoms. The molecule has 1 unspecified atom stereocenters. The Labute approximate surface area is 106 Å². The normalized spacial score (nSPS) is 11.4. The van der Waals surface area contributed by atoms with E-state index in [2.05, 4.69) is 6.58 Å². The Bertz CT molecular complexity index is 338. The van der Waals surface area contributed by atoms with Gasteiger partial charge in [0, 0.05) is 11.6 Å². The smallest absolute Gasteiger partial charge is 0.331 e. The molecule has 4 heteroatoms. The van der Waals surface area contributed by atoms with Gasteiger partial charge in [0.05, 0.1) is 0 Å². The van der Waals surface area contributed by atoms with Crippen molar-refractivity contribution in [2.24, 2.45) is 0 Å². The SMILES string of the molecule is Br.C=CC(=O)OC(c1ccccc1)N(C)C. The Hall–Kier alpha value is -1.13. The van der Waals surface area contributed by atoms with E-state index in [1.807, 2.05) is 49.3 Å². The molecule has 0 radical (unpaired) electrons.